The Kier molecular flexibility index (Phi) is 19.1. The molecule has 0 spiro atoms. The van der Waals surface area contributed by atoms with Crippen molar-refractivity contribution in [2.75, 3.05) is 94.4 Å². The lowest BCUT2D eigenvalue weighted by Crippen LogP contribution is -2.42. The Balaban J connectivity index is 0.000000194. The van der Waals surface area contributed by atoms with Crippen molar-refractivity contribution in [1.82, 2.24) is 29.7 Å². The summed E-state index contributed by atoms with van der Waals surface area (Å²) >= 11 is 0. The lowest BCUT2D eigenvalue weighted by atomic mass is 9.94. The zero-order valence-corrected chi connectivity index (χ0v) is 46.0. The minimum absolute atomic E-state index is 0.0292. The normalized spacial score (nSPS) is 21.1. The van der Waals surface area contributed by atoms with Gasteiger partial charge in [-0.25, -0.2) is 29.5 Å². The first-order valence-electron chi connectivity index (χ1n) is 27.7. The van der Waals surface area contributed by atoms with E-state index in [1.165, 1.54) is 17.3 Å². The molecule has 4 aromatic heterocycles. The number of carbonyl (C=O) groups is 5. The van der Waals surface area contributed by atoms with Crippen LogP contribution in [0.4, 0.5) is 32.9 Å². The van der Waals surface area contributed by atoms with E-state index in [2.05, 4.69) is 43.8 Å². The third-order valence-electron chi connectivity index (χ3n) is 16.2. The standard InChI is InChI=1S/C30H38N6O5.C28H32N6O5/c1-19(39-2)28-23(17-35-10-11-41-18-27(35)37)13-21-7-5-9-36(29(21)34-28)30(38)33-26-14-22(24(15-31)16-32-26)12-20-6-4-8-25(20)40-3;1-38-24-6-2-4-18(24)10-20-12-25(30-14-22(20)13-29)32-28(37)34-7-3-5-19-11-21(23(16-35)31-27(19)34)15-33-8-9-39-17-26(33)36/h13-14,16,19-20,25H,4-12,17-18H2,1-3H3,(H,32,33,38);11-12,14,16,18,24H,2-10,15,17H2,1H3,(H,30,32,37)/t19?,20?,25-;18?,24-/m11/s1. The van der Waals surface area contributed by atoms with E-state index in [1.807, 2.05) is 13.0 Å². The summed E-state index contributed by atoms with van der Waals surface area (Å²) in [5, 5.41) is 25.1. The number of aryl methyl sites for hydroxylation is 2. The fourth-order valence-electron chi connectivity index (χ4n) is 11.9. The second-order valence-corrected chi connectivity index (χ2v) is 21.1. The monoisotopic (exact) mass is 1090 g/mol. The summed E-state index contributed by atoms with van der Waals surface area (Å²) in [6.07, 6.45) is 14.4. The maximum atomic E-state index is 13.6. The van der Waals surface area contributed by atoms with Gasteiger partial charge in [-0.3, -0.25) is 34.8 Å². The number of hydrogen-bond donors (Lipinski definition) is 2. The number of anilines is 4. The number of hydrogen-bond acceptors (Lipinski definition) is 16. The number of morpholine rings is 2. The first kappa shape index (κ1) is 57.2. The molecule has 4 aromatic rings. The molecular formula is C58H70N12O10. The van der Waals surface area contributed by atoms with Gasteiger partial charge in [0, 0.05) is 78.6 Å². The number of urea groups is 2. The van der Waals surface area contributed by atoms with Crippen molar-refractivity contribution in [3.8, 4) is 12.1 Å². The molecule has 2 saturated heterocycles. The number of ether oxygens (including phenoxy) is 5. The van der Waals surface area contributed by atoms with Gasteiger partial charge in [0.2, 0.25) is 11.8 Å². The van der Waals surface area contributed by atoms with Crippen LogP contribution in [0.15, 0.2) is 36.7 Å². The Bertz CT molecular complexity index is 3040. The van der Waals surface area contributed by atoms with Gasteiger partial charge in [0.15, 0.2) is 6.29 Å². The van der Waals surface area contributed by atoms with E-state index in [4.69, 9.17) is 28.7 Å². The predicted octanol–water partition coefficient (Wildman–Crippen LogP) is 6.62. The van der Waals surface area contributed by atoms with Crippen molar-refractivity contribution < 1.29 is 47.7 Å². The average molecular weight is 1100 g/mol. The van der Waals surface area contributed by atoms with Gasteiger partial charge in [0.05, 0.1) is 48.3 Å². The number of pyridine rings is 4. The van der Waals surface area contributed by atoms with Crippen molar-refractivity contribution in [1.29, 1.82) is 10.5 Å². The molecule has 2 aliphatic carbocycles. The van der Waals surface area contributed by atoms with E-state index < -0.39 is 6.03 Å². The molecule has 0 radical (unpaired) electrons. The summed E-state index contributed by atoms with van der Waals surface area (Å²) in [5.41, 5.74) is 6.97. The van der Waals surface area contributed by atoms with Crippen LogP contribution < -0.4 is 20.4 Å². The van der Waals surface area contributed by atoms with Crippen molar-refractivity contribution in [3.63, 3.8) is 0 Å². The zero-order valence-electron chi connectivity index (χ0n) is 46.0. The van der Waals surface area contributed by atoms with Gasteiger partial charge in [-0.2, -0.15) is 10.5 Å². The van der Waals surface area contributed by atoms with Gasteiger partial charge < -0.3 is 33.5 Å². The Labute approximate surface area is 466 Å². The van der Waals surface area contributed by atoms with Gasteiger partial charge in [0.1, 0.15) is 54.3 Å². The highest BCUT2D eigenvalue weighted by molar-refractivity contribution is 6.02. The summed E-state index contributed by atoms with van der Waals surface area (Å²) in [5.74, 6) is 2.24. The van der Waals surface area contributed by atoms with E-state index >= 15 is 0 Å². The van der Waals surface area contributed by atoms with Crippen LogP contribution in [0.2, 0.25) is 0 Å². The number of amides is 6. The number of fused-ring (bicyclic) bond motifs is 2. The summed E-state index contributed by atoms with van der Waals surface area (Å²) in [6, 6.07) is 11.2. The number of methoxy groups -OCH3 is 3. The van der Waals surface area contributed by atoms with Crippen LogP contribution >= 0.6 is 0 Å². The van der Waals surface area contributed by atoms with E-state index in [9.17, 15) is 34.5 Å². The third kappa shape index (κ3) is 13.2. The van der Waals surface area contributed by atoms with Gasteiger partial charge in [-0.15, -0.1) is 0 Å². The largest absolute Gasteiger partial charge is 0.381 e. The first-order chi connectivity index (χ1) is 38.9. The molecule has 8 heterocycles. The van der Waals surface area contributed by atoms with Crippen molar-refractivity contribution in [2.45, 2.75) is 115 Å². The molecule has 22 nitrogen and oxygen atoms in total. The van der Waals surface area contributed by atoms with E-state index in [1.54, 1.807) is 48.2 Å². The smallest absolute Gasteiger partial charge is 0.328 e. The summed E-state index contributed by atoms with van der Waals surface area (Å²) < 4.78 is 27.4. The summed E-state index contributed by atoms with van der Waals surface area (Å²) in [4.78, 5) is 88.2. The minimum Gasteiger partial charge on any atom is -0.381 e. The molecule has 5 atom stereocenters. The molecule has 6 amide bonds. The number of nitrogens with one attached hydrogen (secondary N) is 2. The highest BCUT2D eigenvalue weighted by atomic mass is 16.5. The van der Waals surface area contributed by atoms with Crippen LogP contribution in [0.3, 0.4) is 0 Å². The number of nitriles is 2. The number of nitrogens with zero attached hydrogens (tertiary/aromatic N) is 10. The lowest BCUT2D eigenvalue weighted by molar-refractivity contribution is -0.144. The maximum Gasteiger partial charge on any atom is 0.328 e. The van der Waals surface area contributed by atoms with Gasteiger partial charge in [-0.1, -0.05) is 12.8 Å². The predicted molar refractivity (Wildman–Crippen MR) is 293 cm³/mol. The molecule has 0 bridgehead atoms. The molecule has 22 heteroatoms. The molecule has 0 aromatic carbocycles. The van der Waals surface area contributed by atoms with Crippen molar-refractivity contribution in [2.24, 2.45) is 11.8 Å². The maximum absolute atomic E-state index is 13.6. The van der Waals surface area contributed by atoms with Crippen LogP contribution in [0.5, 0.6) is 0 Å². The molecule has 3 unspecified atom stereocenters. The fraction of sp³-hybridized carbons (Fsp3) is 0.534. The molecule has 4 fully saturated rings. The molecule has 80 heavy (non-hydrogen) atoms. The number of rotatable bonds is 15. The molecule has 4 aliphatic heterocycles. The third-order valence-corrected chi connectivity index (χ3v) is 16.2. The average Bonchev–Trinajstić information content (AvgIpc) is 4.20. The van der Waals surface area contributed by atoms with Crippen LogP contribution in [0.1, 0.15) is 125 Å². The summed E-state index contributed by atoms with van der Waals surface area (Å²) in [6.45, 7) is 5.59. The van der Waals surface area contributed by atoms with Crippen molar-refractivity contribution in [3.05, 3.63) is 92.6 Å². The Hall–Kier alpha value is -7.47. The fourth-order valence-corrected chi connectivity index (χ4v) is 11.9. The zero-order chi connectivity index (χ0) is 56.3. The molecule has 2 saturated carbocycles. The minimum atomic E-state index is -0.407. The highest BCUT2D eigenvalue weighted by Gasteiger charge is 2.33. The van der Waals surface area contributed by atoms with Gasteiger partial charge in [0.25, 0.3) is 0 Å². The first-order valence-corrected chi connectivity index (χ1v) is 27.7. The van der Waals surface area contributed by atoms with E-state index in [-0.39, 0.29) is 61.6 Å². The van der Waals surface area contributed by atoms with Gasteiger partial charge >= 0.3 is 12.1 Å². The number of aromatic nitrogens is 4. The molecule has 422 valence electrons. The van der Waals surface area contributed by atoms with E-state index in [0.29, 0.717) is 129 Å². The SMILES string of the molecule is COC(C)c1nc2c(cc1CN1CCOCC1=O)CCCN2C(=O)Nc1cc(CC2CCC[C@H]2OC)c(C#N)cn1.CO[C@@H]1CCCC1Cc1cc(NC(=O)N2CCCc3cc(CN4CCOCC4=O)c(C=O)nc32)ncc1C#N. The quantitative estimate of drug-likeness (QED) is 0.118. The topological polar surface area (TPSA) is 268 Å². The van der Waals surface area contributed by atoms with E-state index in [0.717, 1.165) is 85.6 Å². The second-order valence-electron chi connectivity index (χ2n) is 21.1. The van der Waals surface area contributed by atoms with Crippen LogP contribution in [0, 0.1) is 34.5 Å². The number of carbonyl (C=O) groups excluding carboxylic acids is 5. The lowest BCUT2D eigenvalue weighted by Gasteiger charge is -2.32. The van der Waals surface area contributed by atoms with Crippen LogP contribution in [-0.4, -0.2) is 146 Å². The summed E-state index contributed by atoms with van der Waals surface area (Å²) in [7, 11) is 5.08. The van der Waals surface area contributed by atoms with Gasteiger partial charge in [-0.05, 0) is 135 Å². The van der Waals surface area contributed by atoms with Crippen LogP contribution in [-0.2, 0) is 72.0 Å². The number of aldehydes is 1. The van der Waals surface area contributed by atoms with Crippen molar-refractivity contribution >= 4 is 53.4 Å². The second kappa shape index (κ2) is 26.7. The molecule has 2 N–H and O–H groups in total. The Morgan fingerprint density at radius 1 is 0.688 bits per heavy atom. The Morgan fingerprint density at radius 2 is 1.18 bits per heavy atom. The highest BCUT2D eigenvalue weighted by Crippen LogP contribution is 2.36. The molecular weight excluding hydrogens is 1020 g/mol. The Morgan fingerprint density at radius 3 is 1.64 bits per heavy atom. The van der Waals surface area contributed by atoms with Crippen LogP contribution in [0.25, 0.3) is 0 Å². The molecule has 10 rings (SSSR count). The molecule has 6 aliphatic rings.